The summed E-state index contributed by atoms with van der Waals surface area (Å²) in [7, 11) is 1.68. The van der Waals surface area contributed by atoms with E-state index in [1.54, 1.807) is 7.11 Å². The molecule has 1 aliphatic carbocycles. The Balaban J connectivity index is 1.87. The molecule has 2 aromatic carbocycles. The zero-order valence-electron chi connectivity index (χ0n) is 18.3. The van der Waals surface area contributed by atoms with Crippen molar-refractivity contribution in [3.05, 3.63) is 53.1 Å². The Morgan fingerprint density at radius 2 is 1.87 bits per heavy atom. The summed E-state index contributed by atoms with van der Waals surface area (Å²) in [5.41, 5.74) is 6.19. The first-order chi connectivity index (χ1) is 15.1. The molecule has 0 amide bonds. The molecular formula is C27H29NO3. The van der Waals surface area contributed by atoms with Gasteiger partial charge < -0.3 is 14.1 Å². The SMILES string of the molecule is COc1ccc2c(c1)C[C@](C)(C=O)Cn1c-2c(C2CCCCC2)c2ccc(C=O)cc21. The summed E-state index contributed by atoms with van der Waals surface area (Å²) in [5.74, 6) is 1.32. The maximum atomic E-state index is 12.3. The second-order valence-electron chi connectivity index (χ2n) is 9.55. The summed E-state index contributed by atoms with van der Waals surface area (Å²) in [6, 6.07) is 12.3. The number of rotatable bonds is 4. The number of aldehydes is 2. The van der Waals surface area contributed by atoms with Crippen molar-refractivity contribution in [2.24, 2.45) is 5.41 Å². The highest BCUT2D eigenvalue weighted by atomic mass is 16.5. The lowest BCUT2D eigenvalue weighted by Crippen LogP contribution is -2.26. The fraction of sp³-hybridized carbons (Fsp3) is 0.407. The van der Waals surface area contributed by atoms with Crippen LogP contribution >= 0.6 is 0 Å². The molecule has 0 unspecified atom stereocenters. The standard InChI is InChI=1S/C27H29NO3/c1-27(17-30)14-20-13-21(31-2)9-11-22(20)26-25(19-6-4-3-5-7-19)23-10-8-18(15-29)12-24(23)28(26)16-27/h8-13,15,17,19H,3-7,14,16H2,1-2H3/t27-/m0/s1. The average Bonchev–Trinajstić information content (AvgIpc) is 3.04. The summed E-state index contributed by atoms with van der Waals surface area (Å²) >= 11 is 0. The van der Waals surface area contributed by atoms with Crippen molar-refractivity contribution in [1.29, 1.82) is 0 Å². The predicted molar refractivity (Wildman–Crippen MR) is 123 cm³/mol. The van der Waals surface area contributed by atoms with Gasteiger partial charge in [0.2, 0.25) is 0 Å². The molecule has 0 N–H and O–H groups in total. The normalized spacial score (nSPS) is 21.2. The minimum Gasteiger partial charge on any atom is -0.497 e. The van der Waals surface area contributed by atoms with Crippen molar-refractivity contribution >= 4 is 23.5 Å². The van der Waals surface area contributed by atoms with E-state index < -0.39 is 5.41 Å². The van der Waals surface area contributed by atoms with Crippen molar-refractivity contribution in [3.63, 3.8) is 0 Å². The Morgan fingerprint density at radius 1 is 1.06 bits per heavy atom. The Labute approximate surface area is 183 Å². The van der Waals surface area contributed by atoms with Crippen LogP contribution in [0.2, 0.25) is 0 Å². The van der Waals surface area contributed by atoms with Crippen molar-refractivity contribution < 1.29 is 14.3 Å². The maximum absolute atomic E-state index is 12.3. The highest BCUT2D eigenvalue weighted by Gasteiger charge is 2.35. The van der Waals surface area contributed by atoms with Crippen molar-refractivity contribution in [3.8, 4) is 17.0 Å². The number of carbonyl (C=O) groups is 2. The van der Waals surface area contributed by atoms with E-state index in [1.165, 1.54) is 54.3 Å². The third-order valence-corrected chi connectivity index (χ3v) is 7.24. The number of fused-ring (bicyclic) bond motifs is 5. The molecule has 1 aromatic heterocycles. The first-order valence-electron chi connectivity index (χ1n) is 11.3. The highest BCUT2D eigenvalue weighted by molar-refractivity contribution is 5.96. The first kappa shape index (κ1) is 20.0. The number of ether oxygens (including phenoxy) is 1. The molecule has 4 nitrogen and oxygen atoms in total. The van der Waals surface area contributed by atoms with Gasteiger partial charge in [-0.3, -0.25) is 4.79 Å². The molecule has 2 aliphatic rings. The molecule has 31 heavy (non-hydrogen) atoms. The predicted octanol–water partition coefficient (Wildman–Crippen LogP) is 5.94. The van der Waals surface area contributed by atoms with Gasteiger partial charge in [-0.1, -0.05) is 38.3 Å². The van der Waals surface area contributed by atoms with E-state index in [2.05, 4.69) is 22.8 Å². The molecule has 160 valence electrons. The number of methoxy groups -OCH3 is 1. The van der Waals surface area contributed by atoms with Gasteiger partial charge in [-0.25, -0.2) is 0 Å². The van der Waals surface area contributed by atoms with Crippen LogP contribution in [0.15, 0.2) is 36.4 Å². The van der Waals surface area contributed by atoms with E-state index in [1.807, 2.05) is 25.1 Å². The number of benzene rings is 2. The van der Waals surface area contributed by atoms with Crippen molar-refractivity contribution in [2.45, 2.75) is 57.9 Å². The Hall–Kier alpha value is -2.88. The van der Waals surface area contributed by atoms with Crippen molar-refractivity contribution in [1.82, 2.24) is 4.57 Å². The number of nitrogens with zero attached hydrogens (tertiary/aromatic N) is 1. The van der Waals surface area contributed by atoms with Crippen LogP contribution < -0.4 is 4.74 Å². The zero-order chi connectivity index (χ0) is 21.6. The monoisotopic (exact) mass is 415 g/mol. The molecule has 3 aromatic rings. The van der Waals surface area contributed by atoms with E-state index >= 15 is 0 Å². The van der Waals surface area contributed by atoms with E-state index in [4.69, 9.17) is 4.74 Å². The second-order valence-corrected chi connectivity index (χ2v) is 9.55. The number of hydrogen-bond donors (Lipinski definition) is 0. The third kappa shape index (κ3) is 3.29. The van der Waals surface area contributed by atoms with Gasteiger partial charge in [0.15, 0.2) is 0 Å². The van der Waals surface area contributed by atoms with Gasteiger partial charge in [0, 0.05) is 34.0 Å². The molecule has 1 fully saturated rings. The van der Waals surface area contributed by atoms with Crippen LogP contribution in [0, 0.1) is 5.41 Å². The first-order valence-corrected chi connectivity index (χ1v) is 11.3. The molecule has 1 aliphatic heterocycles. The van der Waals surface area contributed by atoms with E-state index in [0.29, 0.717) is 24.4 Å². The molecule has 0 saturated heterocycles. The molecular weight excluding hydrogens is 386 g/mol. The van der Waals surface area contributed by atoms with Crippen LogP contribution in [0.3, 0.4) is 0 Å². The van der Waals surface area contributed by atoms with Crippen LogP contribution in [-0.4, -0.2) is 24.2 Å². The van der Waals surface area contributed by atoms with Gasteiger partial charge in [0.05, 0.1) is 12.8 Å². The zero-order valence-corrected chi connectivity index (χ0v) is 18.3. The smallest absolute Gasteiger partial charge is 0.150 e. The molecule has 1 saturated carbocycles. The quantitative estimate of drug-likeness (QED) is 0.496. The van der Waals surface area contributed by atoms with E-state index in [-0.39, 0.29) is 0 Å². The lowest BCUT2D eigenvalue weighted by molar-refractivity contribution is -0.116. The van der Waals surface area contributed by atoms with E-state index in [0.717, 1.165) is 29.4 Å². The Morgan fingerprint density at radius 3 is 2.58 bits per heavy atom. The summed E-state index contributed by atoms with van der Waals surface area (Å²) < 4.78 is 7.83. The van der Waals surface area contributed by atoms with Gasteiger partial charge in [0.25, 0.3) is 0 Å². The number of hydrogen-bond acceptors (Lipinski definition) is 3. The summed E-state index contributed by atoms with van der Waals surface area (Å²) in [4.78, 5) is 23.8. The fourth-order valence-corrected chi connectivity index (χ4v) is 5.73. The Bertz CT molecular complexity index is 1170. The largest absolute Gasteiger partial charge is 0.497 e. The third-order valence-electron chi connectivity index (χ3n) is 7.24. The van der Waals surface area contributed by atoms with Crippen LogP contribution in [0.4, 0.5) is 0 Å². The van der Waals surface area contributed by atoms with Gasteiger partial charge in [-0.05, 0) is 60.6 Å². The van der Waals surface area contributed by atoms with E-state index in [9.17, 15) is 9.59 Å². The fourth-order valence-electron chi connectivity index (χ4n) is 5.73. The highest BCUT2D eigenvalue weighted by Crippen LogP contribution is 2.48. The maximum Gasteiger partial charge on any atom is 0.150 e. The van der Waals surface area contributed by atoms with Gasteiger partial charge >= 0.3 is 0 Å². The summed E-state index contributed by atoms with van der Waals surface area (Å²) in [5, 5.41) is 1.23. The minimum atomic E-state index is -0.528. The minimum absolute atomic E-state index is 0.505. The topological polar surface area (TPSA) is 48.3 Å². The molecule has 0 bridgehead atoms. The molecule has 0 radical (unpaired) electrons. The number of aromatic nitrogens is 1. The Kier molecular flexibility index (Phi) is 4.96. The van der Waals surface area contributed by atoms with Gasteiger partial charge in [-0.2, -0.15) is 0 Å². The summed E-state index contributed by atoms with van der Waals surface area (Å²) in [6.07, 6.45) is 8.88. The number of carbonyl (C=O) groups excluding carboxylic acids is 2. The molecule has 1 atom stereocenters. The van der Waals surface area contributed by atoms with Gasteiger partial charge in [-0.15, -0.1) is 0 Å². The van der Waals surface area contributed by atoms with Crippen molar-refractivity contribution in [2.75, 3.05) is 7.11 Å². The molecule has 5 rings (SSSR count). The van der Waals surface area contributed by atoms with Crippen LogP contribution in [-0.2, 0) is 17.8 Å². The van der Waals surface area contributed by atoms with Crippen LogP contribution in [0.25, 0.3) is 22.2 Å². The lowest BCUT2D eigenvalue weighted by atomic mass is 9.80. The van der Waals surface area contributed by atoms with Gasteiger partial charge in [0.1, 0.15) is 18.3 Å². The van der Waals surface area contributed by atoms with Crippen LogP contribution in [0.5, 0.6) is 5.75 Å². The molecule has 4 heteroatoms. The molecule has 0 spiro atoms. The molecule has 2 heterocycles. The summed E-state index contributed by atoms with van der Waals surface area (Å²) in [6.45, 7) is 2.64. The van der Waals surface area contributed by atoms with Crippen LogP contribution in [0.1, 0.15) is 66.4 Å². The lowest BCUT2D eigenvalue weighted by Gasteiger charge is -2.24. The second kappa shape index (κ2) is 7.67. The average molecular weight is 416 g/mol.